The quantitative estimate of drug-likeness (QED) is 0.481. The number of rotatable bonds is 6. The molecule has 0 unspecified atom stereocenters. The number of carbonyl (C=O) groups excluding carboxylic acids is 1. The van der Waals surface area contributed by atoms with Crippen LogP contribution in [0.4, 0.5) is 5.13 Å². The highest BCUT2D eigenvalue weighted by Gasteiger charge is 2.24. The molecule has 0 radical (unpaired) electrons. The molecule has 0 atom stereocenters. The van der Waals surface area contributed by atoms with Crippen LogP contribution in [0.1, 0.15) is 16.2 Å². The van der Waals surface area contributed by atoms with Gasteiger partial charge >= 0.3 is 0 Å². The minimum absolute atomic E-state index is 0.0750. The zero-order chi connectivity index (χ0) is 18.8. The van der Waals surface area contributed by atoms with Crippen molar-refractivity contribution < 1.29 is 4.79 Å². The molecular formula is C20H20N4OS2. The number of nitrogens with zero attached hydrogens (tertiary/aromatic N) is 4. The van der Waals surface area contributed by atoms with E-state index in [1.165, 1.54) is 11.3 Å². The zero-order valence-electron chi connectivity index (χ0n) is 15.3. The lowest BCUT2D eigenvalue weighted by Gasteiger charge is -2.19. The van der Waals surface area contributed by atoms with Gasteiger partial charge in [0.1, 0.15) is 0 Å². The van der Waals surface area contributed by atoms with Crippen LogP contribution >= 0.6 is 22.7 Å². The second kappa shape index (κ2) is 7.72. The van der Waals surface area contributed by atoms with Gasteiger partial charge in [0.05, 0.1) is 20.4 Å². The van der Waals surface area contributed by atoms with Crippen LogP contribution in [0.15, 0.2) is 48.5 Å². The molecule has 5 nitrogen and oxygen atoms in total. The molecule has 27 heavy (non-hydrogen) atoms. The average Bonchev–Trinajstić information content (AvgIpc) is 3.28. The molecule has 0 N–H and O–H groups in total. The molecule has 0 saturated heterocycles. The summed E-state index contributed by atoms with van der Waals surface area (Å²) in [5.74, 6) is -0.0750. The molecule has 2 heterocycles. The van der Waals surface area contributed by atoms with E-state index in [1.807, 2.05) is 62.6 Å². The molecule has 0 fully saturated rings. The first-order valence-corrected chi connectivity index (χ1v) is 10.4. The molecule has 2 aromatic carbocycles. The van der Waals surface area contributed by atoms with Crippen molar-refractivity contribution in [1.29, 1.82) is 0 Å². The largest absolute Gasteiger partial charge is 0.309 e. The highest BCUT2D eigenvalue weighted by molar-refractivity contribution is 7.22. The molecule has 1 amide bonds. The van der Waals surface area contributed by atoms with Crippen LogP contribution in [0.3, 0.4) is 0 Å². The Kier molecular flexibility index (Phi) is 5.15. The topological polar surface area (TPSA) is 49.3 Å². The first-order chi connectivity index (χ1) is 13.1. The first-order valence-electron chi connectivity index (χ1n) is 8.79. The van der Waals surface area contributed by atoms with E-state index in [2.05, 4.69) is 9.88 Å². The number of para-hydroxylation sites is 2. The van der Waals surface area contributed by atoms with Crippen LogP contribution in [0.25, 0.3) is 20.4 Å². The van der Waals surface area contributed by atoms with Gasteiger partial charge in [-0.05, 0) is 51.3 Å². The van der Waals surface area contributed by atoms with E-state index in [9.17, 15) is 4.79 Å². The van der Waals surface area contributed by atoms with Gasteiger partial charge in [-0.15, -0.1) is 11.3 Å². The summed E-state index contributed by atoms with van der Waals surface area (Å²) < 4.78 is 2.11. The van der Waals surface area contributed by atoms with Crippen molar-refractivity contribution in [2.24, 2.45) is 0 Å². The van der Waals surface area contributed by atoms with Gasteiger partial charge in [-0.2, -0.15) is 0 Å². The van der Waals surface area contributed by atoms with Gasteiger partial charge in [-0.1, -0.05) is 35.6 Å². The second-order valence-electron chi connectivity index (χ2n) is 6.56. The van der Waals surface area contributed by atoms with E-state index >= 15 is 0 Å². The van der Waals surface area contributed by atoms with Crippen molar-refractivity contribution >= 4 is 54.1 Å². The number of amides is 1. The van der Waals surface area contributed by atoms with Crippen LogP contribution in [0, 0.1) is 0 Å². The standard InChI is InChI=1S/C20H20N4OS2/c1-23(2)12-7-13-24(20-22-15-9-4-6-11-17(15)27-20)19(25)18-21-14-8-3-5-10-16(14)26-18/h3-6,8-11H,7,12-13H2,1-2H3. The summed E-state index contributed by atoms with van der Waals surface area (Å²) in [5.41, 5.74) is 1.79. The Bertz CT molecular complexity index is 1020. The Morgan fingerprint density at radius 3 is 2.15 bits per heavy atom. The summed E-state index contributed by atoms with van der Waals surface area (Å²) in [7, 11) is 4.08. The fourth-order valence-corrected chi connectivity index (χ4v) is 4.79. The van der Waals surface area contributed by atoms with E-state index in [0.29, 0.717) is 11.6 Å². The predicted octanol–water partition coefficient (Wildman–Crippen LogP) is 4.50. The summed E-state index contributed by atoms with van der Waals surface area (Å²) in [6.07, 6.45) is 0.875. The lowest BCUT2D eigenvalue weighted by Crippen LogP contribution is -2.33. The second-order valence-corrected chi connectivity index (χ2v) is 8.60. The highest BCUT2D eigenvalue weighted by atomic mass is 32.1. The monoisotopic (exact) mass is 396 g/mol. The van der Waals surface area contributed by atoms with Crippen LogP contribution in [0.5, 0.6) is 0 Å². The van der Waals surface area contributed by atoms with Crippen LogP contribution in [0.2, 0.25) is 0 Å². The van der Waals surface area contributed by atoms with Crippen molar-refractivity contribution in [3.05, 3.63) is 53.5 Å². The summed E-state index contributed by atoms with van der Waals surface area (Å²) in [5, 5.41) is 1.25. The molecule has 0 aliphatic heterocycles. The minimum atomic E-state index is -0.0750. The summed E-state index contributed by atoms with van der Waals surface area (Å²) in [6.45, 7) is 1.53. The third-order valence-electron chi connectivity index (χ3n) is 4.22. The molecule has 0 aliphatic rings. The number of fused-ring (bicyclic) bond motifs is 2. The molecule has 4 rings (SSSR count). The first kappa shape index (κ1) is 18.0. The number of thiazole rings is 2. The fourth-order valence-electron chi connectivity index (χ4n) is 2.88. The molecule has 138 valence electrons. The molecule has 4 aromatic rings. The van der Waals surface area contributed by atoms with Crippen molar-refractivity contribution in [2.45, 2.75) is 6.42 Å². The van der Waals surface area contributed by atoms with Gasteiger partial charge in [0, 0.05) is 6.54 Å². The van der Waals surface area contributed by atoms with E-state index in [0.717, 1.165) is 38.5 Å². The summed E-state index contributed by atoms with van der Waals surface area (Å²) in [6, 6.07) is 15.8. The maximum absolute atomic E-state index is 13.3. The Balaban J connectivity index is 1.68. The molecule has 0 spiro atoms. The lowest BCUT2D eigenvalue weighted by atomic mass is 10.3. The van der Waals surface area contributed by atoms with Crippen LogP contribution in [-0.4, -0.2) is 48.0 Å². The summed E-state index contributed by atoms with van der Waals surface area (Å²) in [4.78, 5) is 26.4. The van der Waals surface area contributed by atoms with Gasteiger partial charge in [-0.25, -0.2) is 9.97 Å². The van der Waals surface area contributed by atoms with Gasteiger partial charge in [0.25, 0.3) is 5.91 Å². The van der Waals surface area contributed by atoms with E-state index < -0.39 is 0 Å². The summed E-state index contributed by atoms with van der Waals surface area (Å²) >= 11 is 2.99. The lowest BCUT2D eigenvalue weighted by molar-refractivity contribution is 0.0986. The maximum Gasteiger partial charge on any atom is 0.289 e. The molecule has 0 aliphatic carbocycles. The van der Waals surface area contributed by atoms with Gasteiger partial charge < -0.3 is 4.90 Å². The number of anilines is 1. The third-order valence-corrected chi connectivity index (χ3v) is 6.31. The van der Waals surface area contributed by atoms with Gasteiger partial charge in [-0.3, -0.25) is 9.69 Å². The Hall–Kier alpha value is -2.35. The van der Waals surface area contributed by atoms with E-state index in [4.69, 9.17) is 4.98 Å². The molecule has 7 heteroatoms. The highest BCUT2D eigenvalue weighted by Crippen LogP contribution is 2.31. The number of hydrogen-bond donors (Lipinski definition) is 0. The van der Waals surface area contributed by atoms with Gasteiger partial charge in [0.2, 0.25) is 0 Å². The molecule has 0 bridgehead atoms. The Labute approximate surface area is 165 Å². The van der Waals surface area contributed by atoms with Crippen molar-refractivity contribution in [2.75, 3.05) is 32.1 Å². The Morgan fingerprint density at radius 1 is 0.889 bits per heavy atom. The molecular weight excluding hydrogens is 376 g/mol. The van der Waals surface area contributed by atoms with Gasteiger partial charge in [0.15, 0.2) is 10.1 Å². The van der Waals surface area contributed by atoms with Crippen molar-refractivity contribution in [3.63, 3.8) is 0 Å². The number of hydrogen-bond acceptors (Lipinski definition) is 6. The minimum Gasteiger partial charge on any atom is -0.309 e. The SMILES string of the molecule is CN(C)CCCN(C(=O)c1nc2ccccc2s1)c1nc2ccccc2s1. The third kappa shape index (κ3) is 3.85. The van der Waals surface area contributed by atoms with E-state index in [1.54, 1.807) is 16.2 Å². The number of aromatic nitrogens is 2. The normalized spacial score (nSPS) is 11.5. The maximum atomic E-state index is 13.3. The van der Waals surface area contributed by atoms with E-state index in [-0.39, 0.29) is 5.91 Å². The predicted molar refractivity (Wildman–Crippen MR) is 114 cm³/mol. The molecule has 2 aromatic heterocycles. The Morgan fingerprint density at radius 2 is 1.52 bits per heavy atom. The smallest absolute Gasteiger partial charge is 0.289 e. The zero-order valence-corrected chi connectivity index (χ0v) is 16.9. The fraction of sp³-hybridized carbons (Fsp3) is 0.250. The van der Waals surface area contributed by atoms with Crippen LogP contribution in [-0.2, 0) is 0 Å². The average molecular weight is 397 g/mol. The molecule has 0 saturated carbocycles. The number of carbonyl (C=O) groups is 1. The van der Waals surface area contributed by atoms with Crippen molar-refractivity contribution in [3.8, 4) is 0 Å². The van der Waals surface area contributed by atoms with Crippen molar-refractivity contribution in [1.82, 2.24) is 14.9 Å². The van der Waals surface area contributed by atoms with Crippen LogP contribution < -0.4 is 4.90 Å². The number of benzene rings is 2.